The molecule has 0 unspecified atom stereocenters. The molecule has 2 N–H and O–H groups in total. The van der Waals surface area contributed by atoms with Crippen molar-refractivity contribution in [3.8, 4) is 11.5 Å². The summed E-state index contributed by atoms with van der Waals surface area (Å²) in [5.41, 5.74) is -0.692. The number of aromatic hydroxyl groups is 1. The third kappa shape index (κ3) is 3.30. The molecule has 120 valence electrons. The number of fused-ring (bicyclic) bond motifs is 1. The van der Waals surface area contributed by atoms with Crippen LogP contribution in [0.3, 0.4) is 0 Å². The first-order chi connectivity index (χ1) is 10.3. The number of rotatable bonds is 5. The molecule has 0 saturated heterocycles. The molecule has 0 saturated carbocycles. The van der Waals surface area contributed by atoms with Gasteiger partial charge < -0.3 is 19.9 Å². The topological polar surface area (TPSA) is 88.1 Å². The van der Waals surface area contributed by atoms with Gasteiger partial charge in [-0.15, -0.1) is 0 Å². The van der Waals surface area contributed by atoms with Crippen LogP contribution >= 0.6 is 0 Å². The minimum Gasteiger partial charge on any atom is -0.508 e. The van der Waals surface area contributed by atoms with Crippen molar-refractivity contribution in [3.05, 3.63) is 18.2 Å². The summed E-state index contributed by atoms with van der Waals surface area (Å²) in [5, 5.41) is 12.3. The van der Waals surface area contributed by atoms with E-state index >= 15 is 0 Å². The van der Waals surface area contributed by atoms with Crippen molar-refractivity contribution in [2.24, 2.45) is 0 Å². The second-order valence-corrected chi connectivity index (χ2v) is 5.50. The largest absolute Gasteiger partial charge is 0.508 e. The fourth-order valence-corrected chi connectivity index (χ4v) is 2.20. The first-order valence-electron chi connectivity index (χ1n) is 6.95. The molecule has 2 amide bonds. The van der Waals surface area contributed by atoms with Crippen molar-refractivity contribution in [2.45, 2.75) is 19.4 Å². The highest BCUT2D eigenvalue weighted by Gasteiger charge is 2.41. The summed E-state index contributed by atoms with van der Waals surface area (Å²) in [6.07, 6.45) is 0. The van der Waals surface area contributed by atoms with Crippen molar-refractivity contribution >= 4 is 17.5 Å². The van der Waals surface area contributed by atoms with Gasteiger partial charge in [-0.25, -0.2) is 0 Å². The maximum Gasteiger partial charge on any atom is 0.271 e. The zero-order valence-corrected chi connectivity index (χ0v) is 12.9. The van der Waals surface area contributed by atoms with Crippen molar-refractivity contribution in [1.29, 1.82) is 0 Å². The number of amides is 2. The first kappa shape index (κ1) is 16.1. The highest BCUT2D eigenvalue weighted by molar-refractivity contribution is 6.05. The predicted molar refractivity (Wildman–Crippen MR) is 80.1 cm³/mol. The summed E-state index contributed by atoms with van der Waals surface area (Å²) in [5.74, 6) is -0.198. The molecule has 0 atom stereocenters. The molecule has 0 radical (unpaired) electrons. The van der Waals surface area contributed by atoms with Crippen molar-refractivity contribution < 1.29 is 24.2 Å². The van der Waals surface area contributed by atoms with Crippen molar-refractivity contribution in [3.63, 3.8) is 0 Å². The van der Waals surface area contributed by atoms with E-state index in [1.165, 1.54) is 17.0 Å². The van der Waals surface area contributed by atoms with Gasteiger partial charge in [-0.2, -0.15) is 0 Å². The predicted octanol–water partition coefficient (Wildman–Crippen LogP) is 0.659. The molecule has 7 nitrogen and oxygen atoms in total. The average molecular weight is 308 g/mol. The number of phenolic OH excluding ortho intramolecular Hbond substituents is 1. The van der Waals surface area contributed by atoms with Crippen molar-refractivity contribution in [2.75, 3.05) is 31.7 Å². The molecule has 1 heterocycles. The zero-order chi connectivity index (χ0) is 16.3. The van der Waals surface area contributed by atoms with Crippen LogP contribution in [-0.2, 0) is 14.3 Å². The maximum atomic E-state index is 12.5. The molecular weight excluding hydrogens is 288 g/mol. The maximum absolute atomic E-state index is 12.5. The fraction of sp³-hybridized carbons (Fsp3) is 0.467. The summed E-state index contributed by atoms with van der Waals surface area (Å²) < 4.78 is 10.5. The van der Waals surface area contributed by atoms with Gasteiger partial charge >= 0.3 is 0 Å². The monoisotopic (exact) mass is 308 g/mol. The van der Waals surface area contributed by atoms with E-state index in [1.807, 2.05) is 0 Å². The van der Waals surface area contributed by atoms with Crippen LogP contribution in [0.5, 0.6) is 11.5 Å². The van der Waals surface area contributed by atoms with Gasteiger partial charge in [0.2, 0.25) is 5.91 Å². The van der Waals surface area contributed by atoms with E-state index in [0.29, 0.717) is 24.6 Å². The Bertz CT molecular complexity index is 585. The molecule has 1 aromatic carbocycles. The third-order valence-corrected chi connectivity index (χ3v) is 3.29. The Kier molecular flexibility index (Phi) is 4.56. The Hall–Kier alpha value is -2.28. The van der Waals surface area contributed by atoms with E-state index < -0.39 is 5.60 Å². The molecule has 0 fully saturated rings. The van der Waals surface area contributed by atoms with Gasteiger partial charge in [0.05, 0.1) is 12.3 Å². The fourth-order valence-electron chi connectivity index (χ4n) is 2.20. The Labute approximate surface area is 128 Å². The highest BCUT2D eigenvalue weighted by Crippen LogP contribution is 2.39. The van der Waals surface area contributed by atoms with Crippen LogP contribution in [0.1, 0.15) is 13.8 Å². The number of ether oxygens (including phenoxy) is 2. The van der Waals surface area contributed by atoms with E-state index in [4.69, 9.17) is 9.47 Å². The molecular formula is C15H20N2O5. The molecule has 0 aliphatic carbocycles. The van der Waals surface area contributed by atoms with Crippen LogP contribution in [0.2, 0.25) is 0 Å². The molecule has 1 aromatic rings. The average Bonchev–Trinajstić information content (AvgIpc) is 2.45. The van der Waals surface area contributed by atoms with Crippen LogP contribution in [0.25, 0.3) is 0 Å². The summed E-state index contributed by atoms with van der Waals surface area (Å²) in [4.78, 5) is 25.8. The van der Waals surface area contributed by atoms with E-state index in [1.54, 1.807) is 27.0 Å². The molecule has 2 rings (SSSR count). The van der Waals surface area contributed by atoms with Crippen LogP contribution in [0.15, 0.2) is 18.2 Å². The molecule has 0 bridgehead atoms. The van der Waals surface area contributed by atoms with E-state index in [0.717, 1.165) is 0 Å². The number of anilines is 1. The van der Waals surface area contributed by atoms with Gasteiger partial charge in [-0.3, -0.25) is 14.5 Å². The second kappa shape index (κ2) is 6.23. The molecule has 1 aliphatic rings. The summed E-state index contributed by atoms with van der Waals surface area (Å²) in [7, 11) is 1.54. The van der Waals surface area contributed by atoms with E-state index in [9.17, 15) is 14.7 Å². The zero-order valence-electron chi connectivity index (χ0n) is 12.9. The number of phenols is 1. The Morgan fingerprint density at radius 2 is 2.18 bits per heavy atom. The Balaban J connectivity index is 2.23. The lowest BCUT2D eigenvalue weighted by Gasteiger charge is -2.38. The first-order valence-corrected chi connectivity index (χ1v) is 6.95. The van der Waals surface area contributed by atoms with Gasteiger partial charge in [0.25, 0.3) is 5.91 Å². The van der Waals surface area contributed by atoms with Crippen molar-refractivity contribution in [1.82, 2.24) is 5.32 Å². The Morgan fingerprint density at radius 3 is 2.86 bits per heavy atom. The number of hydrogen-bond acceptors (Lipinski definition) is 5. The second-order valence-electron chi connectivity index (χ2n) is 5.50. The van der Waals surface area contributed by atoms with Crippen LogP contribution in [-0.4, -0.2) is 49.3 Å². The van der Waals surface area contributed by atoms with Crippen LogP contribution < -0.4 is 15.0 Å². The number of carbonyl (C=O) groups excluding carboxylic acids is 2. The number of nitrogens with one attached hydrogen (secondary N) is 1. The molecule has 22 heavy (non-hydrogen) atoms. The quantitative estimate of drug-likeness (QED) is 0.780. The number of benzene rings is 1. The summed E-state index contributed by atoms with van der Waals surface area (Å²) in [6, 6.07) is 4.46. The van der Waals surface area contributed by atoms with Gasteiger partial charge in [-0.1, -0.05) is 0 Å². The van der Waals surface area contributed by atoms with Gasteiger partial charge in [0.1, 0.15) is 18.0 Å². The minimum absolute atomic E-state index is 0.000327. The van der Waals surface area contributed by atoms with Crippen LogP contribution in [0, 0.1) is 0 Å². The lowest BCUT2D eigenvalue weighted by Crippen LogP contribution is -2.55. The minimum atomic E-state index is -1.07. The summed E-state index contributed by atoms with van der Waals surface area (Å²) >= 11 is 0. The van der Waals surface area contributed by atoms with E-state index in [2.05, 4.69) is 5.32 Å². The Morgan fingerprint density at radius 1 is 1.45 bits per heavy atom. The molecule has 1 aliphatic heterocycles. The number of carbonyl (C=O) groups is 2. The standard InChI is InChI=1S/C15H20N2O5/c1-15(2)14(20)17(9-13(19)16-6-7-21-3)11-8-10(18)4-5-12(11)22-15/h4-5,8,18H,6-7,9H2,1-3H3,(H,16,19). The summed E-state index contributed by atoms with van der Waals surface area (Å²) in [6.45, 7) is 3.89. The van der Waals surface area contributed by atoms with Gasteiger partial charge in [0.15, 0.2) is 5.60 Å². The number of nitrogens with zero attached hydrogens (tertiary/aromatic N) is 1. The highest BCUT2D eigenvalue weighted by atomic mass is 16.5. The lowest BCUT2D eigenvalue weighted by molar-refractivity contribution is -0.134. The van der Waals surface area contributed by atoms with Gasteiger partial charge in [0, 0.05) is 19.7 Å². The van der Waals surface area contributed by atoms with E-state index in [-0.39, 0.29) is 24.1 Å². The lowest BCUT2D eigenvalue weighted by atomic mass is 10.0. The molecule has 0 aromatic heterocycles. The number of methoxy groups -OCH3 is 1. The van der Waals surface area contributed by atoms with Gasteiger partial charge in [-0.05, 0) is 26.0 Å². The smallest absolute Gasteiger partial charge is 0.271 e. The third-order valence-electron chi connectivity index (χ3n) is 3.29. The molecule has 0 spiro atoms. The molecule has 7 heteroatoms. The number of hydrogen-bond donors (Lipinski definition) is 2. The van der Waals surface area contributed by atoms with Crippen LogP contribution in [0.4, 0.5) is 5.69 Å². The normalized spacial score (nSPS) is 16.0. The SMILES string of the molecule is COCCNC(=O)CN1C(=O)C(C)(C)Oc2ccc(O)cc21.